The molecule has 86 valence electrons. The van der Waals surface area contributed by atoms with E-state index in [1.54, 1.807) is 11.3 Å². The second kappa shape index (κ2) is 4.97. The maximum Gasteiger partial charge on any atom is 0.0959 e. The largest absolute Gasteiger partial charge is 0.245 e. The van der Waals surface area contributed by atoms with Crippen molar-refractivity contribution in [1.29, 1.82) is 5.26 Å². The molecule has 1 fully saturated rings. The van der Waals surface area contributed by atoms with Crippen LogP contribution in [-0.4, -0.2) is 4.98 Å². The third-order valence-corrected chi connectivity index (χ3v) is 4.39. The molecular weight excluding hydrogens is 216 g/mol. The molecule has 1 aromatic heterocycles. The lowest BCUT2D eigenvalue weighted by molar-refractivity contribution is 0.574. The van der Waals surface area contributed by atoms with E-state index in [0.29, 0.717) is 11.8 Å². The lowest BCUT2D eigenvalue weighted by Gasteiger charge is -2.09. The SMILES string of the molecule is CC(C)C(C#N)c1csc(C2CCCC2)n1. The minimum atomic E-state index is -0.0357. The summed E-state index contributed by atoms with van der Waals surface area (Å²) in [5, 5.41) is 12.5. The zero-order valence-electron chi connectivity index (χ0n) is 9.94. The summed E-state index contributed by atoms with van der Waals surface area (Å²) in [6, 6.07) is 2.37. The fourth-order valence-corrected chi connectivity index (χ4v) is 3.39. The molecule has 0 aromatic carbocycles. The average Bonchev–Trinajstić information content (AvgIpc) is 2.86. The predicted molar refractivity (Wildman–Crippen MR) is 66.5 cm³/mol. The Balaban J connectivity index is 2.15. The lowest BCUT2D eigenvalue weighted by Crippen LogP contribution is -2.05. The monoisotopic (exact) mass is 234 g/mol. The molecule has 16 heavy (non-hydrogen) atoms. The molecule has 2 rings (SSSR count). The summed E-state index contributed by atoms with van der Waals surface area (Å²) >= 11 is 1.75. The van der Waals surface area contributed by atoms with E-state index in [2.05, 4.69) is 30.3 Å². The van der Waals surface area contributed by atoms with Crippen LogP contribution >= 0.6 is 11.3 Å². The van der Waals surface area contributed by atoms with Gasteiger partial charge in [-0.15, -0.1) is 11.3 Å². The standard InChI is InChI=1S/C13H18N2S/c1-9(2)11(7-14)12-8-16-13(15-12)10-5-3-4-6-10/h8-11H,3-6H2,1-2H3. The van der Waals surface area contributed by atoms with Crippen molar-refractivity contribution in [3.8, 4) is 6.07 Å². The van der Waals surface area contributed by atoms with Gasteiger partial charge in [-0.05, 0) is 18.8 Å². The fourth-order valence-electron chi connectivity index (χ4n) is 2.36. The Hall–Kier alpha value is -0.880. The Morgan fingerprint density at radius 1 is 1.44 bits per heavy atom. The summed E-state index contributed by atoms with van der Waals surface area (Å²) in [4.78, 5) is 4.68. The van der Waals surface area contributed by atoms with Crippen LogP contribution in [0.15, 0.2) is 5.38 Å². The van der Waals surface area contributed by atoms with Gasteiger partial charge in [-0.2, -0.15) is 5.26 Å². The Bertz CT molecular complexity index is 383. The first-order valence-corrected chi connectivity index (χ1v) is 6.95. The highest BCUT2D eigenvalue weighted by molar-refractivity contribution is 7.09. The molecule has 0 aliphatic heterocycles. The van der Waals surface area contributed by atoms with Crippen molar-refractivity contribution >= 4 is 11.3 Å². The Kier molecular flexibility index (Phi) is 3.60. The molecule has 0 amide bonds. The topological polar surface area (TPSA) is 36.7 Å². The Morgan fingerprint density at radius 3 is 2.69 bits per heavy atom. The molecule has 1 atom stereocenters. The highest BCUT2D eigenvalue weighted by Crippen LogP contribution is 2.37. The molecule has 1 aliphatic rings. The van der Waals surface area contributed by atoms with Crippen LogP contribution < -0.4 is 0 Å². The van der Waals surface area contributed by atoms with E-state index >= 15 is 0 Å². The van der Waals surface area contributed by atoms with Crippen molar-refractivity contribution in [3.05, 3.63) is 16.1 Å². The van der Waals surface area contributed by atoms with Gasteiger partial charge in [-0.1, -0.05) is 26.7 Å². The average molecular weight is 234 g/mol. The molecule has 2 nitrogen and oxygen atoms in total. The van der Waals surface area contributed by atoms with Crippen LogP contribution in [0.4, 0.5) is 0 Å². The molecule has 1 unspecified atom stereocenters. The van der Waals surface area contributed by atoms with E-state index in [4.69, 9.17) is 5.26 Å². The van der Waals surface area contributed by atoms with Crippen LogP contribution in [0.1, 0.15) is 62.1 Å². The molecule has 0 N–H and O–H groups in total. The smallest absolute Gasteiger partial charge is 0.0959 e. The van der Waals surface area contributed by atoms with E-state index in [-0.39, 0.29) is 5.92 Å². The van der Waals surface area contributed by atoms with Crippen molar-refractivity contribution in [1.82, 2.24) is 4.98 Å². The van der Waals surface area contributed by atoms with Crippen molar-refractivity contribution < 1.29 is 0 Å². The van der Waals surface area contributed by atoms with Crippen LogP contribution in [0.5, 0.6) is 0 Å². The number of thiazole rings is 1. The van der Waals surface area contributed by atoms with Gasteiger partial charge in [0.1, 0.15) is 0 Å². The summed E-state index contributed by atoms with van der Waals surface area (Å²) in [7, 11) is 0. The zero-order chi connectivity index (χ0) is 11.5. The summed E-state index contributed by atoms with van der Waals surface area (Å²) in [6.45, 7) is 4.17. The molecule has 0 saturated heterocycles. The van der Waals surface area contributed by atoms with Crippen molar-refractivity contribution in [2.24, 2.45) is 5.92 Å². The zero-order valence-corrected chi connectivity index (χ0v) is 10.8. The molecule has 0 spiro atoms. The van der Waals surface area contributed by atoms with Gasteiger partial charge in [0, 0.05) is 11.3 Å². The lowest BCUT2D eigenvalue weighted by atomic mass is 9.95. The first kappa shape index (κ1) is 11.6. The second-order valence-corrected chi connectivity index (χ2v) is 5.83. The molecule has 0 bridgehead atoms. The number of hydrogen-bond acceptors (Lipinski definition) is 3. The van der Waals surface area contributed by atoms with Crippen LogP contribution in [0.25, 0.3) is 0 Å². The Morgan fingerprint density at radius 2 is 2.12 bits per heavy atom. The van der Waals surface area contributed by atoms with Crippen molar-refractivity contribution in [3.63, 3.8) is 0 Å². The molecule has 1 heterocycles. The number of nitriles is 1. The van der Waals surface area contributed by atoms with Gasteiger partial charge in [0.25, 0.3) is 0 Å². The van der Waals surface area contributed by atoms with Gasteiger partial charge >= 0.3 is 0 Å². The van der Waals surface area contributed by atoms with Crippen molar-refractivity contribution in [2.75, 3.05) is 0 Å². The maximum absolute atomic E-state index is 9.14. The number of nitrogens with zero attached hydrogens (tertiary/aromatic N) is 2. The number of rotatable bonds is 3. The van der Waals surface area contributed by atoms with Crippen LogP contribution in [0, 0.1) is 17.2 Å². The highest BCUT2D eigenvalue weighted by Gasteiger charge is 2.23. The second-order valence-electron chi connectivity index (χ2n) is 4.94. The summed E-state index contributed by atoms with van der Waals surface area (Å²) in [5.41, 5.74) is 0.990. The third kappa shape index (κ3) is 2.27. The summed E-state index contributed by atoms with van der Waals surface area (Å²) < 4.78 is 0. The van der Waals surface area contributed by atoms with Gasteiger partial charge in [0.2, 0.25) is 0 Å². The van der Waals surface area contributed by atoms with E-state index in [9.17, 15) is 0 Å². The fraction of sp³-hybridized carbons (Fsp3) is 0.692. The van der Waals surface area contributed by atoms with Gasteiger partial charge in [0.15, 0.2) is 0 Å². The molecule has 1 aromatic rings. The van der Waals surface area contributed by atoms with E-state index in [1.165, 1.54) is 30.7 Å². The van der Waals surface area contributed by atoms with E-state index < -0.39 is 0 Å². The molecule has 3 heteroatoms. The molecule has 1 aliphatic carbocycles. The minimum absolute atomic E-state index is 0.0357. The normalized spacial score (nSPS) is 18.9. The molecule has 0 radical (unpaired) electrons. The quantitative estimate of drug-likeness (QED) is 0.790. The predicted octanol–water partition coefficient (Wildman–Crippen LogP) is 4.06. The number of aromatic nitrogens is 1. The highest BCUT2D eigenvalue weighted by atomic mass is 32.1. The Labute approximate surface area is 101 Å². The number of hydrogen-bond donors (Lipinski definition) is 0. The van der Waals surface area contributed by atoms with Gasteiger partial charge in [0.05, 0.1) is 22.7 Å². The van der Waals surface area contributed by atoms with Gasteiger partial charge in [-0.3, -0.25) is 0 Å². The first-order chi connectivity index (χ1) is 7.72. The molecule has 1 saturated carbocycles. The van der Waals surface area contributed by atoms with Crippen LogP contribution in [0.2, 0.25) is 0 Å². The summed E-state index contributed by atoms with van der Waals surface area (Å²) in [6.07, 6.45) is 5.24. The van der Waals surface area contributed by atoms with Crippen molar-refractivity contribution in [2.45, 2.75) is 51.4 Å². The minimum Gasteiger partial charge on any atom is -0.245 e. The first-order valence-electron chi connectivity index (χ1n) is 6.07. The third-order valence-electron chi connectivity index (χ3n) is 3.37. The van der Waals surface area contributed by atoms with E-state index in [1.807, 2.05) is 0 Å². The van der Waals surface area contributed by atoms with Gasteiger partial charge < -0.3 is 0 Å². The van der Waals surface area contributed by atoms with E-state index in [0.717, 1.165) is 5.69 Å². The van der Waals surface area contributed by atoms with Crippen LogP contribution in [-0.2, 0) is 0 Å². The molecular formula is C13H18N2S. The van der Waals surface area contributed by atoms with Gasteiger partial charge in [-0.25, -0.2) is 4.98 Å². The maximum atomic E-state index is 9.14. The summed E-state index contributed by atoms with van der Waals surface area (Å²) in [5.74, 6) is 0.986. The van der Waals surface area contributed by atoms with Crippen LogP contribution in [0.3, 0.4) is 0 Å².